The molecule has 1 N–H and O–H groups in total. The molecular formula is C14H12ClF3N2O4S. The quantitative estimate of drug-likeness (QED) is 0.632. The molecule has 1 aliphatic heterocycles. The molecule has 136 valence electrons. The Balaban J connectivity index is 2.26. The van der Waals surface area contributed by atoms with Gasteiger partial charge < -0.3 is 14.6 Å². The summed E-state index contributed by atoms with van der Waals surface area (Å²) in [5.41, 5.74) is -1.74. The van der Waals surface area contributed by atoms with Gasteiger partial charge in [0.05, 0.1) is 39.0 Å². The fraction of sp³-hybridized carbons (Fsp3) is 0.429. The van der Waals surface area contributed by atoms with Crippen molar-refractivity contribution >= 4 is 34.3 Å². The van der Waals surface area contributed by atoms with Crippen LogP contribution >= 0.6 is 23.4 Å². The zero-order chi connectivity index (χ0) is 18.4. The highest BCUT2D eigenvalue weighted by Gasteiger charge is 2.38. The second-order valence-electron chi connectivity index (χ2n) is 5.29. The summed E-state index contributed by atoms with van der Waals surface area (Å²) in [5, 5.41) is 9.22. The van der Waals surface area contributed by atoms with Crippen molar-refractivity contribution in [2.45, 2.75) is 17.1 Å². The number of ether oxygens (including phenoxy) is 2. The van der Waals surface area contributed by atoms with Gasteiger partial charge >= 0.3 is 11.9 Å². The number of hydrogen-bond donors (Lipinski definition) is 1. The van der Waals surface area contributed by atoms with E-state index in [0.29, 0.717) is 6.07 Å². The first kappa shape index (κ1) is 18.3. The maximum atomic E-state index is 13.2. The second kappa shape index (κ2) is 6.67. The van der Waals surface area contributed by atoms with Crippen molar-refractivity contribution in [3.63, 3.8) is 0 Å². The zero-order valence-corrected chi connectivity index (χ0v) is 14.3. The highest BCUT2D eigenvalue weighted by molar-refractivity contribution is 7.99. The fourth-order valence-electron chi connectivity index (χ4n) is 2.66. The van der Waals surface area contributed by atoms with E-state index < -0.39 is 34.4 Å². The van der Waals surface area contributed by atoms with Gasteiger partial charge in [0.1, 0.15) is 6.79 Å². The summed E-state index contributed by atoms with van der Waals surface area (Å²) in [5.74, 6) is -0.502. The Morgan fingerprint density at radius 3 is 2.88 bits per heavy atom. The number of nitrogens with zero attached hydrogens (tertiary/aromatic N) is 2. The average molecular weight is 397 g/mol. The molecule has 3 rings (SSSR count). The Morgan fingerprint density at radius 1 is 1.52 bits per heavy atom. The minimum absolute atomic E-state index is 0.00516. The first-order valence-electron chi connectivity index (χ1n) is 7.00. The zero-order valence-electron chi connectivity index (χ0n) is 12.8. The van der Waals surface area contributed by atoms with Gasteiger partial charge in [0.15, 0.2) is 0 Å². The predicted octanol–water partition coefficient (Wildman–Crippen LogP) is 3.04. The van der Waals surface area contributed by atoms with Crippen LogP contribution in [0, 0.1) is 0 Å². The Morgan fingerprint density at radius 2 is 2.24 bits per heavy atom. The molecule has 1 unspecified atom stereocenters. The highest BCUT2D eigenvalue weighted by atomic mass is 35.5. The molecule has 2 aromatic rings. The topological polar surface area (TPSA) is 73.6 Å². The van der Waals surface area contributed by atoms with Crippen LogP contribution in [0.5, 0.6) is 5.88 Å². The average Bonchev–Trinajstić information content (AvgIpc) is 2.52. The minimum Gasteiger partial charge on any atom is -0.493 e. The number of rotatable bonds is 4. The normalized spacial score (nSPS) is 17.2. The van der Waals surface area contributed by atoms with E-state index in [-0.39, 0.29) is 35.0 Å². The smallest absolute Gasteiger partial charge is 0.417 e. The van der Waals surface area contributed by atoms with Crippen LogP contribution in [-0.4, -0.2) is 40.9 Å². The molecule has 11 heteroatoms. The van der Waals surface area contributed by atoms with Crippen molar-refractivity contribution in [1.82, 2.24) is 9.55 Å². The Kier molecular flexibility index (Phi) is 4.89. The number of alkyl halides is 3. The van der Waals surface area contributed by atoms with Crippen molar-refractivity contribution < 1.29 is 27.8 Å². The van der Waals surface area contributed by atoms with Crippen LogP contribution < -0.4 is 5.69 Å². The summed E-state index contributed by atoms with van der Waals surface area (Å²) in [6, 6.07) is 0.224. The third kappa shape index (κ3) is 3.19. The third-order valence-corrected chi connectivity index (χ3v) is 5.43. The number of benzene rings is 1. The van der Waals surface area contributed by atoms with Crippen molar-refractivity contribution in [2.75, 3.05) is 26.3 Å². The molecule has 0 radical (unpaired) electrons. The number of aromatic hydroxyl groups is 1. The number of halogens is 4. The molecule has 6 nitrogen and oxygen atoms in total. The van der Waals surface area contributed by atoms with Crippen molar-refractivity contribution in [3.8, 4) is 5.88 Å². The van der Waals surface area contributed by atoms with E-state index >= 15 is 0 Å². The third-order valence-electron chi connectivity index (χ3n) is 3.69. The maximum absolute atomic E-state index is 13.2. The van der Waals surface area contributed by atoms with Gasteiger partial charge in [-0.1, -0.05) is 11.6 Å². The fourth-order valence-corrected chi connectivity index (χ4v) is 4.26. The van der Waals surface area contributed by atoms with Crippen LogP contribution in [-0.2, 0) is 15.7 Å². The van der Waals surface area contributed by atoms with Crippen LogP contribution in [0.3, 0.4) is 0 Å². The molecule has 0 aliphatic carbocycles. The minimum atomic E-state index is -4.70. The van der Waals surface area contributed by atoms with Gasteiger partial charge in [-0.15, -0.1) is 11.8 Å². The maximum Gasteiger partial charge on any atom is 0.417 e. The van der Waals surface area contributed by atoms with E-state index in [1.165, 1.54) is 11.7 Å². The standard InChI is InChI=1S/C14H12ClF3N2O4S/c1-23-5-24-3-6-4-25-11-9(15)8(14(16,17)18)2-7-10(11)20(6)13(22)19-12(7)21/h2,6H,3-5H2,1H3,(H,19,21,22). The summed E-state index contributed by atoms with van der Waals surface area (Å²) in [4.78, 5) is 15.8. The lowest BCUT2D eigenvalue weighted by Gasteiger charge is -2.28. The van der Waals surface area contributed by atoms with E-state index in [4.69, 9.17) is 21.1 Å². The van der Waals surface area contributed by atoms with Crippen molar-refractivity contribution in [1.29, 1.82) is 0 Å². The number of methoxy groups -OCH3 is 1. The van der Waals surface area contributed by atoms with Gasteiger partial charge in [0.2, 0.25) is 5.88 Å². The van der Waals surface area contributed by atoms with Gasteiger partial charge in [-0.2, -0.15) is 18.2 Å². The largest absolute Gasteiger partial charge is 0.493 e. The van der Waals surface area contributed by atoms with Gasteiger partial charge in [-0.25, -0.2) is 4.79 Å². The predicted molar refractivity (Wildman–Crippen MR) is 85.3 cm³/mol. The van der Waals surface area contributed by atoms with E-state index in [9.17, 15) is 23.1 Å². The SMILES string of the molecule is COCOCC1CSc2c(Cl)c(C(F)(F)F)cc3c(O)nc(=O)n1c23. The summed E-state index contributed by atoms with van der Waals surface area (Å²) in [6.45, 7) is 0.103. The molecule has 0 spiro atoms. The molecule has 1 aromatic carbocycles. The number of thioether (sulfide) groups is 1. The molecule has 0 bridgehead atoms. The molecule has 0 saturated heterocycles. The molecule has 0 fully saturated rings. The van der Waals surface area contributed by atoms with Crippen LogP contribution in [0.2, 0.25) is 5.02 Å². The number of hydrogen-bond acceptors (Lipinski definition) is 6. The first-order valence-corrected chi connectivity index (χ1v) is 8.36. The van der Waals surface area contributed by atoms with Crippen molar-refractivity contribution in [2.24, 2.45) is 0 Å². The summed E-state index contributed by atoms with van der Waals surface area (Å²) in [6.07, 6.45) is -4.70. The molecule has 1 aromatic heterocycles. The van der Waals surface area contributed by atoms with E-state index in [1.54, 1.807) is 0 Å². The van der Waals surface area contributed by atoms with Gasteiger partial charge in [0.25, 0.3) is 0 Å². The van der Waals surface area contributed by atoms with Gasteiger partial charge in [0, 0.05) is 12.9 Å². The first-order chi connectivity index (χ1) is 11.8. The molecule has 0 amide bonds. The van der Waals surface area contributed by atoms with Gasteiger partial charge in [-0.3, -0.25) is 4.57 Å². The molecule has 0 saturated carbocycles. The lowest BCUT2D eigenvalue weighted by Crippen LogP contribution is -2.33. The van der Waals surface area contributed by atoms with E-state index in [2.05, 4.69) is 4.98 Å². The molecule has 1 aliphatic rings. The number of aromatic nitrogens is 2. The highest BCUT2D eigenvalue weighted by Crippen LogP contribution is 2.47. The van der Waals surface area contributed by atoms with Gasteiger partial charge in [-0.05, 0) is 6.07 Å². The van der Waals surface area contributed by atoms with Crippen LogP contribution in [0.4, 0.5) is 13.2 Å². The molecular weight excluding hydrogens is 385 g/mol. The molecule has 2 heterocycles. The van der Waals surface area contributed by atoms with Crippen molar-refractivity contribution in [3.05, 3.63) is 27.1 Å². The summed E-state index contributed by atoms with van der Waals surface area (Å²) in [7, 11) is 1.44. The Labute approximate surface area is 148 Å². The summed E-state index contributed by atoms with van der Waals surface area (Å²) >= 11 is 7.02. The van der Waals surface area contributed by atoms with E-state index in [1.807, 2.05) is 0 Å². The molecule has 1 atom stereocenters. The monoisotopic (exact) mass is 396 g/mol. The Hall–Kier alpha value is -1.49. The Bertz CT molecular complexity index is 887. The lowest BCUT2D eigenvalue weighted by atomic mass is 10.1. The van der Waals surface area contributed by atoms with Crippen LogP contribution in [0.1, 0.15) is 11.6 Å². The molecule has 25 heavy (non-hydrogen) atoms. The van der Waals surface area contributed by atoms with Crippen LogP contribution in [0.15, 0.2) is 15.8 Å². The van der Waals surface area contributed by atoms with E-state index in [0.717, 1.165) is 11.8 Å². The second-order valence-corrected chi connectivity index (χ2v) is 6.70. The summed E-state index contributed by atoms with van der Waals surface area (Å²) < 4.78 is 50.9. The van der Waals surface area contributed by atoms with Crippen LogP contribution in [0.25, 0.3) is 10.9 Å². The lowest BCUT2D eigenvalue weighted by molar-refractivity contribution is -0.137.